The fraction of sp³-hybridized carbons (Fsp3) is 0.195. The summed E-state index contributed by atoms with van der Waals surface area (Å²) in [5, 5.41) is 11.9. The molecule has 0 radical (unpaired) electrons. The van der Waals surface area contributed by atoms with Gasteiger partial charge in [-0.2, -0.15) is 0 Å². The average molecular weight is 722 g/mol. The number of rotatable bonds is 16. The molecule has 1 aromatic heterocycles. The second kappa shape index (κ2) is 16.8. The van der Waals surface area contributed by atoms with E-state index in [4.69, 9.17) is 23.4 Å². The van der Waals surface area contributed by atoms with Crippen molar-refractivity contribution < 1.29 is 28.5 Å². The van der Waals surface area contributed by atoms with E-state index in [1.165, 1.54) is 6.07 Å². The Morgan fingerprint density at radius 2 is 1.20 bits per heavy atom. The Labute approximate surface area is 293 Å². The van der Waals surface area contributed by atoms with Crippen LogP contribution in [-0.4, -0.2) is 17.0 Å². The maximum absolute atomic E-state index is 14.0. The summed E-state index contributed by atoms with van der Waals surface area (Å²) >= 11 is 3.46. The Bertz CT molecular complexity index is 2010. The van der Waals surface area contributed by atoms with Crippen LogP contribution in [0.1, 0.15) is 36.0 Å². The van der Waals surface area contributed by atoms with Gasteiger partial charge in [0.25, 0.3) is 0 Å². The summed E-state index contributed by atoms with van der Waals surface area (Å²) in [6.07, 6.45) is 2.66. The lowest BCUT2D eigenvalue weighted by atomic mass is 10.1. The number of unbranched alkanes of at least 4 members (excludes halogenated alkanes) is 2. The van der Waals surface area contributed by atoms with Gasteiger partial charge in [-0.25, -0.2) is 0 Å². The van der Waals surface area contributed by atoms with E-state index in [1.807, 2.05) is 97.1 Å². The van der Waals surface area contributed by atoms with E-state index in [0.717, 1.165) is 41.3 Å². The van der Waals surface area contributed by atoms with Crippen molar-refractivity contribution in [1.29, 1.82) is 0 Å². The van der Waals surface area contributed by atoms with E-state index in [-0.39, 0.29) is 34.8 Å². The van der Waals surface area contributed by atoms with Gasteiger partial charge in [-0.3, -0.25) is 4.79 Å². The smallest absolute Gasteiger partial charge is 0.239 e. The zero-order valence-electron chi connectivity index (χ0n) is 27.0. The molecule has 0 aliphatic heterocycles. The van der Waals surface area contributed by atoms with Gasteiger partial charge in [0.1, 0.15) is 42.3 Å². The van der Waals surface area contributed by atoms with E-state index >= 15 is 0 Å². The number of alkyl halides is 1. The highest BCUT2D eigenvalue weighted by atomic mass is 79.9. The molecule has 250 valence electrons. The summed E-state index contributed by atoms with van der Waals surface area (Å²) in [5.41, 5.74) is 3.22. The number of hydrogen-bond donors (Lipinski definition) is 1. The minimum Gasteiger partial charge on any atom is -0.507 e. The first-order valence-corrected chi connectivity index (χ1v) is 17.4. The Morgan fingerprint density at radius 1 is 0.612 bits per heavy atom. The summed E-state index contributed by atoms with van der Waals surface area (Å²) in [7, 11) is 0. The number of benzene rings is 5. The SMILES string of the molecule is O=c1c(OCCCCCBr)c(-c2ccc(OCc3ccccc3)c(OCc3ccccc3)c2)oc2cc(OCc3ccccc3)cc(O)c12. The topological polar surface area (TPSA) is 87.4 Å². The van der Waals surface area contributed by atoms with Crippen LogP contribution in [0.4, 0.5) is 0 Å². The lowest BCUT2D eigenvalue weighted by molar-refractivity contribution is 0.256. The minimum atomic E-state index is -0.472. The summed E-state index contributed by atoms with van der Waals surface area (Å²) < 4.78 is 31.1. The van der Waals surface area contributed by atoms with Crippen LogP contribution in [0.25, 0.3) is 22.3 Å². The van der Waals surface area contributed by atoms with Gasteiger partial charge in [-0.15, -0.1) is 0 Å². The van der Waals surface area contributed by atoms with Crippen molar-refractivity contribution in [2.75, 3.05) is 11.9 Å². The molecule has 0 spiro atoms. The molecule has 0 fully saturated rings. The molecule has 6 aromatic rings. The predicted octanol–water partition coefficient (Wildman–Crippen LogP) is 9.85. The van der Waals surface area contributed by atoms with Gasteiger partial charge in [0.2, 0.25) is 11.2 Å². The Morgan fingerprint density at radius 3 is 1.82 bits per heavy atom. The number of hydrogen-bond acceptors (Lipinski definition) is 7. The zero-order valence-corrected chi connectivity index (χ0v) is 28.6. The largest absolute Gasteiger partial charge is 0.507 e. The van der Waals surface area contributed by atoms with E-state index in [2.05, 4.69) is 15.9 Å². The Balaban J connectivity index is 1.39. The van der Waals surface area contributed by atoms with Crippen molar-refractivity contribution in [1.82, 2.24) is 0 Å². The third-order valence-electron chi connectivity index (χ3n) is 7.86. The van der Waals surface area contributed by atoms with Crippen LogP contribution >= 0.6 is 15.9 Å². The highest BCUT2D eigenvalue weighted by molar-refractivity contribution is 9.09. The van der Waals surface area contributed by atoms with Crippen LogP contribution in [0.5, 0.6) is 28.7 Å². The number of fused-ring (bicyclic) bond motifs is 1. The van der Waals surface area contributed by atoms with Crippen LogP contribution in [-0.2, 0) is 19.8 Å². The van der Waals surface area contributed by atoms with Gasteiger partial charge in [0.15, 0.2) is 17.3 Å². The number of ether oxygens (including phenoxy) is 4. The molecule has 7 nitrogen and oxygen atoms in total. The van der Waals surface area contributed by atoms with Gasteiger partial charge in [-0.05, 0) is 54.2 Å². The average Bonchev–Trinajstić information content (AvgIpc) is 3.14. The number of halogens is 1. The van der Waals surface area contributed by atoms with Crippen LogP contribution in [0.3, 0.4) is 0 Å². The standard InChI is InChI=1S/C41H37BrO7/c42-21-11-4-12-22-45-41-39(44)38-34(43)24-33(46-26-29-13-5-1-6-14-29)25-37(38)49-40(41)32-19-20-35(47-27-30-15-7-2-8-16-30)36(23-32)48-28-31-17-9-3-10-18-31/h1-3,5-10,13-20,23-25,43H,4,11-12,21-22,26-28H2. The molecular weight excluding hydrogens is 684 g/mol. The number of phenols is 1. The van der Waals surface area contributed by atoms with Crippen molar-refractivity contribution in [3.63, 3.8) is 0 Å². The summed E-state index contributed by atoms with van der Waals surface area (Å²) in [5.74, 6) is 1.37. The first kappa shape index (κ1) is 33.7. The van der Waals surface area contributed by atoms with Crippen molar-refractivity contribution >= 4 is 26.9 Å². The Kier molecular flexibility index (Phi) is 11.5. The summed E-state index contributed by atoms with van der Waals surface area (Å²) in [4.78, 5) is 14.0. The fourth-order valence-corrected chi connectivity index (χ4v) is 5.70. The molecule has 0 unspecified atom stereocenters. The molecule has 0 saturated heterocycles. The molecule has 0 bridgehead atoms. The van der Waals surface area contributed by atoms with Crippen molar-refractivity contribution in [2.45, 2.75) is 39.1 Å². The monoisotopic (exact) mass is 720 g/mol. The van der Waals surface area contributed by atoms with Gasteiger partial charge in [0.05, 0.1) is 6.61 Å². The number of aromatic hydroxyl groups is 1. The van der Waals surface area contributed by atoms with Gasteiger partial charge >= 0.3 is 0 Å². The second-order valence-corrected chi connectivity index (χ2v) is 12.3. The molecule has 0 aliphatic rings. The predicted molar refractivity (Wildman–Crippen MR) is 195 cm³/mol. The molecule has 1 heterocycles. The quantitative estimate of drug-likeness (QED) is 0.0787. The zero-order chi connectivity index (χ0) is 33.8. The van der Waals surface area contributed by atoms with Crippen molar-refractivity contribution in [3.8, 4) is 40.1 Å². The van der Waals surface area contributed by atoms with Gasteiger partial charge in [0, 0.05) is 23.0 Å². The highest BCUT2D eigenvalue weighted by Gasteiger charge is 2.22. The fourth-order valence-electron chi connectivity index (χ4n) is 5.30. The van der Waals surface area contributed by atoms with Gasteiger partial charge in [-0.1, -0.05) is 107 Å². The second-order valence-electron chi connectivity index (χ2n) is 11.5. The van der Waals surface area contributed by atoms with E-state index in [1.54, 1.807) is 18.2 Å². The molecule has 0 aliphatic carbocycles. The first-order chi connectivity index (χ1) is 24.1. The van der Waals surface area contributed by atoms with Crippen LogP contribution < -0.4 is 24.4 Å². The molecule has 5 aromatic carbocycles. The Hall–Kier alpha value is -5.21. The molecule has 1 N–H and O–H groups in total. The lowest BCUT2D eigenvalue weighted by Gasteiger charge is -2.16. The van der Waals surface area contributed by atoms with Crippen LogP contribution in [0.2, 0.25) is 0 Å². The van der Waals surface area contributed by atoms with Crippen LogP contribution in [0.15, 0.2) is 131 Å². The van der Waals surface area contributed by atoms with Crippen molar-refractivity contribution in [2.24, 2.45) is 0 Å². The van der Waals surface area contributed by atoms with E-state index in [0.29, 0.717) is 42.6 Å². The summed E-state index contributed by atoms with van der Waals surface area (Å²) in [6, 6.07) is 37.9. The molecule has 8 heteroatoms. The molecule has 0 atom stereocenters. The first-order valence-electron chi connectivity index (χ1n) is 16.3. The van der Waals surface area contributed by atoms with Crippen LogP contribution in [0, 0.1) is 0 Å². The maximum atomic E-state index is 14.0. The maximum Gasteiger partial charge on any atom is 0.239 e. The highest BCUT2D eigenvalue weighted by Crippen LogP contribution is 2.40. The van der Waals surface area contributed by atoms with E-state index < -0.39 is 5.43 Å². The third-order valence-corrected chi connectivity index (χ3v) is 8.42. The molecular formula is C41H37BrO7. The molecule has 0 amide bonds. The van der Waals surface area contributed by atoms with Crippen molar-refractivity contribution in [3.05, 3.63) is 148 Å². The molecule has 0 saturated carbocycles. The van der Waals surface area contributed by atoms with E-state index in [9.17, 15) is 9.90 Å². The molecule has 6 rings (SSSR count). The van der Waals surface area contributed by atoms with Gasteiger partial charge < -0.3 is 28.5 Å². The lowest BCUT2D eigenvalue weighted by Crippen LogP contribution is -2.12. The number of phenolic OH excluding ortho intramolecular Hbond substituents is 1. The summed E-state index contributed by atoms with van der Waals surface area (Å²) in [6.45, 7) is 1.25. The third kappa shape index (κ3) is 8.83. The minimum absolute atomic E-state index is 0.0200. The normalized spacial score (nSPS) is 11.0. The molecule has 49 heavy (non-hydrogen) atoms.